The summed E-state index contributed by atoms with van der Waals surface area (Å²) < 4.78 is 17.6. The number of carbonyl (C=O) groups excluding carboxylic acids is 2. The maximum atomic E-state index is 13.4. The van der Waals surface area contributed by atoms with Gasteiger partial charge in [0.25, 0.3) is 0 Å². The number of unbranched alkanes of at least 4 members (excludes halogenated alkanes) is 19. The molecule has 6 N–H and O–H groups in total. The summed E-state index contributed by atoms with van der Waals surface area (Å²) in [5.41, 5.74) is 0. The molecule has 1 amide bonds. The molecule has 1 saturated heterocycles. The zero-order chi connectivity index (χ0) is 57.5. The summed E-state index contributed by atoms with van der Waals surface area (Å²) >= 11 is 0. The Morgan fingerprint density at radius 1 is 0.506 bits per heavy atom. The zero-order valence-corrected chi connectivity index (χ0v) is 49.7. The van der Waals surface area contributed by atoms with Crippen LogP contribution in [0.3, 0.4) is 0 Å². The van der Waals surface area contributed by atoms with Crippen LogP contribution in [-0.4, -0.2) is 99.6 Å². The van der Waals surface area contributed by atoms with Crippen molar-refractivity contribution in [2.45, 2.75) is 282 Å². The van der Waals surface area contributed by atoms with Crippen LogP contribution >= 0.6 is 0 Å². The van der Waals surface area contributed by atoms with Crippen LogP contribution in [0.4, 0.5) is 0 Å². The molecule has 0 aromatic heterocycles. The number of hydrogen-bond donors (Lipinski definition) is 6. The van der Waals surface area contributed by atoms with Crippen molar-refractivity contribution in [2.75, 3.05) is 13.2 Å². The molecule has 1 heterocycles. The minimum Gasteiger partial charge on any atom is -0.454 e. The van der Waals surface area contributed by atoms with Crippen LogP contribution in [0.25, 0.3) is 0 Å². The molecule has 1 aliphatic heterocycles. The van der Waals surface area contributed by atoms with Gasteiger partial charge in [-0.25, -0.2) is 0 Å². The molecule has 0 saturated carbocycles. The fourth-order valence-corrected chi connectivity index (χ4v) is 8.89. The molecule has 1 aliphatic rings. The SMILES string of the molecule is CC/C=C\C/C=C\C/C=C\C/C=C\C/C=C\CCCCCC(=O)OC1C(OCC(NC(=O)C(O)CCCC/C=C\C/C=C\C/C=C\C/C=C\CCCCC)C(O)/C=C/CCCCCCCCCCCCC)OC(CO)C(O)C1O. The first-order valence-corrected chi connectivity index (χ1v) is 31.3. The van der Waals surface area contributed by atoms with E-state index in [1.165, 1.54) is 70.6 Å². The Morgan fingerprint density at radius 3 is 1.39 bits per heavy atom. The highest BCUT2D eigenvalue weighted by Gasteiger charge is 2.47. The second-order valence-corrected chi connectivity index (χ2v) is 21.0. The summed E-state index contributed by atoms with van der Waals surface area (Å²) in [6.07, 6.45) is 65.1. The molecule has 0 radical (unpaired) electrons. The van der Waals surface area contributed by atoms with Gasteiger partial charge in [-0.05, 0) is 116 Å². The average Bonchev–Trinajstić information content (AvgIpc) is 3.49. The lowest BCUT2D eigenvalue weighted by atomic mass is 9.99. The topological polar surface area (TPSA) is 175 Å². The summed E-state index contributed by atoms with van der Waals surface area (Å²) in [4.78, 5) is 26.6. The highest BCUT2D eigenvalue weighted by Crippen LogP contribution is 2.26. The molecule has 8 unspecified atom stereocenters. The van der Waals surface area contributed by atoms with Crippen LogP contribution in [0, 0.1) is 0 Å². The van der Waals surface area contributed by atoms with Crippen LogP contribution < -0.4 is 5.32 Å². The monoisotopic (exact) mass is 1100 g/mol. The van der Waals surface area contributed by atoms with E-state index in [4.69, 9.17) is 14.2 Å². The van der Waals surface area contributed by atoms with Crippen molar-refractivity contribution in [2.24, 2.45) is 0 Å². The maximum absolute atomic E-state index is 13.4. The van der Waals surface area contributed by atoms with Gasteiger partial charge in [0, 0.05) is 6.42 Å². The summed E-state index contributed by atoms with van der Waals surface area (Å²) in [7, 11) is 0. The summed E-state index contributed by atoms with van der Waals surface area (Å²) in [6.45, 7) is 5.60. The van der Waals surface area contributed by atoms with Crippen molar-refractivity contribution < 1.29 is 49.3 Å². The van der Waals surface area contributed by atoms with E-state index in [1.54, 1.807) is 6.08 Å². The normalized spacial score (nSPS) is 19.7. The van der Waals surface area contributed by atoms with E-state index in [0.29, 0.717) is 12.8 Å². The van der Waals surface area contributed by atoms with Gasteiger partial charge in [-0.15, -0.1) is 0 Å². The molecule has 0 bridgehead atoms. The van der Waals surface area contributed by atoms with Gasteiger partial charge in [-0.1, -0.05) is 232 Å². The number of allylic oxidation sites excluding steroid dienone is 19. The van der Waals surface area contributed by atoms with Crippen LogP contribution in [0.2, 0.25) is 0 Å². The summed E-state index contributed by atoms with van der Waals surface area (Å²) in [5.74, 6) is -1.27. The minimum absolute atomic E-state index is 0.0733. The van der Waals surface area contributed by atoms with Crippen molar-refractivity contribution in [3.05, 3.63) is 122 Å². The van der Waals surface area contributed by atoms with Crippen molar-refractivity contribution in [1.29, 1.82) is 0 Å². The Morgan fingerprint density at radius 2 is 0.911 bits per heavy atom. The first kappa shape index (κ1) is 73.1. The molecule has 0 aliphatic carbocycles. The van der Waals surface area contributed by atoms with Gasteiger partial charge in [0.2, 0.25) is 5.91 Å². The van der Waals surface area contributed by atoms with Crippen LogP contribution in [0.1, 0.15) is 233 Å². The molecular weight excluding hydrogens is 991 g/mol. The van der Waals surface area contributed by atoms with Gasteiger partial charge in [0.05, 0.1) is 25.4 Å². The second-order valence-electron chi connectivity index (χ2n) is 21.0. The van der Waals surface area contributed by atoms with Gasteiger partial charge >= 0.3 is 5.97 Å². The zero-order valence-electron chi connectivity index (χ0n) is 49.7. The Kier molecular flexibility index (Phi) is 50.5. The van der Waals surface area contributed by atoms with Crippen LogP contribution in [0.5, 0.6) is 0 Å². The Balaban J connectivity index is 2.75. The Hall–Kier alpha value is -3.94. The van der Waals surface area contributed by atoms with E-state index in [1.807, 2.05) is 6.08 Å². The average molecular weight is 1100 g/mol. The van der Waals surface area contributed by atoms with Crippen molar-refractivity contribution in [1.82, 2.24) is 5.32 Å². The molecule has 1 rings (SSSR count). The van der Waals surface area contributed by atoms with Gasteiger partial charge < -0.3 is 45.1 Å². The van der Waals surface area contributed by atoms with Crippen molar-refractivity contribution in [3.63, 3.8) is 0 Å². The molecule has 11 heteroatoms. The third-order valence-electron chi connectivity index (χ3n) is 13.8. The fraction of sp³-hybridized carbons (Fsp3) is 0.676. The minimum atomic E-state index is -1.64. The molecule has 0 aromatic rings. The highest BCUT2D eigenvalue weighted by molar-refractivity contribution is 5.80. The lowest BCUT2D eigenvalue weighted by Gasteiger charge is -2.41. The highest BCUT2D eigenvalue weighted by atomic mass is 16.7. The largest absolute Gasteiger partial charge is 0.454 e. The predicted octanol–water partition coefficient (Wildman–Crippen LogP) is 15.1. The molecule has 0 aromatic carbocycles. The first-order valence-electron chi connectivity index (χ1n) is 31.3. The first-order chi connectivity index (χ1) is 38.7. The number of carbonyl (C=O) groups is 2. The number of rotatable bonds is 51. The quantitative estimate of drug-likeness (QED) is 0.0195. The summed E-state index contributed by atoms with van der Waals surface area (Å²) in [6, 6.07) is -1.06. The Bertz CT molecular complexity index is 1740. The number of aliphatic hydroxyl groups excluding tert-OH is 5. The third kappa shape index (κ3) is 42.6. The number of ether oxygens (including phenoxy) is 3. The number of amides is 1. The number of hydrogen-bond acceptors (Lipinski definition) is 10. The molecule has 8 atom stereocenters. The van der Waals surface area contributed by atoms with Crippen LogP contribution in [-0.2, 0) is 23.8 Å². The smallest absolute Gasteiger partial charge is 0.306 e. The number of aliphatic hydroxyl groups is 5. The van der Waals surface area contributed by atoms with E-state index in [-0.39, 0.29) is 19.4 Å². The Labute approximate surface area is 480 Å². The lowest BCUT2D eigenvalue weighted by molar-refractivity contribution is -0.305. The van der Waals surface area contributed by atoms with E-state index >= 15 is 0 Å². The predicted molar refractivity (Wildman–Crippen MR) is 328 cm³/mol. The van der Waals surface area contributed by atoms with Gasteiger partial charge in [-0.3, -0.25) is 9.59 Å². The molecular formula is C68H113NO10. The molecule has 0 spiro atoms. The van der Waals surface area contributed by atoms with E-state index in [2.05, 4.69) is 135 Å². The molecule has 450 valence electrons. The van der Waals surface area contributed by atoms with Crippen LogP contribution in [0.15, 0.2) is 122 Å². The lowest BCUT2D eigenvalue weighted by Crippen LogP contribution is -2.61. The van der Waals surface area contributed by atoms with E-state index in [0.717, 1.165) is 116 Å². The van der Waals surface area contributed by atoms with Crippen molar-refractivity contribution in [3.8, 4) is 0 Å². The second kappa shape index (κ2) is 54.6. The van der Waals surface area contributed by atoms with E-state index in [9.17, 15) is 35.1 Å². The number of nitrogens with one attached hydrogen (secondary N) is 1. The molecule has 79 heavy (non-hydrogen) atoms. The molecule has 1 fully saturated rings. The van der Waals surface area contributed by atoms with Gasteiger partial charge in [0.1, 0.15) is 24.4 Å². The summed E-state index contributed by atoms with van der Waals surface area (Å²) in [5, 5.41) is 57.0. The van der Waals surface area contributed by atoms with Crippen molar-refractivity contribution >= 4 is 11.9 Å². The van der Waals surface area contributed by atoms with E-state index < -0.39 is 67.4 Å². The fourth-order valence-electron chi connectivity index (χ4n) is 8.89. The standard InChI is InChI=1S/C68H113NO10/c1-4-7-10-13-16-19-22-25-27-29-31-33-35-38-41-44-47-50-53-56-63(73)79-66-65(75)64(74)62(57-70)78-68(66)77-58-59(60(71)54-51-48-45-42-39-36-24-21-18-15-12-9-6-3)69-67(76)61(72)55-52-49-46-43-40-37-34-32-30-28-26-23-20-17-14-11-8-5-2/h7,10,16-17,19-20,25-28,31-34,38,40-41,43,51,54,59-62,64-66,68,70-72,74-75H,4-6,8-9,11-15,18,21-24,29-30,35-37,39,42,44-50,52-53,55-58H2,1-3H3,(H,69,76)/b10-7-,19-16-,20-17-,27-25-,28-26-,33-31-,34-32-,41-38-,43-40-,54-51+. The number of esters is 1. The maximum Gasteiger partial charge on any atom is 0.306 e. The third-order valence-corrected chi connectivity index (χ3v) is 13.8. The van der Waals surface area contributed by atoms with Gasteiger partial charge in [0.15, 0.2) is 12.4 Å². The van der Waals surface area contributed by atoms with Gasteiger partial charge in [-0.2, -0.15) is 0 Å². The molecule has 11 nitrogen and oxygen atoms in total.